The molecule has 0 radical (unpaired) electrons. The van der Waals surface area contributed by atoms with Crippen molar-refractivity contribution < 1.29 is 4.74 Å². The van der Waals surface area contributed by atoms with Crippen LogP contribution in [0.3, 0.4) is 0 Å². The van der Waals surface area contributed by atoms with Gasteiger partial charge in [-0.1, -0.05) is 12.1 Å². The molecule has 0 saturated carbocycles. The van der Waals surface area contributed by atoms with E-state index in [1.807, 2.05) is 30.6 Å². The second-order valence-corrected chi connectivity index (χ2v) is 5.79. The molecular formula is C17H23N3O. The zero-order valence-electron chi connectivity index (χ0n) is 12.7. The molecule has 112 valence electrons. The van der Waals surface area contributed by atoms with Crippen LogP contribution >= 0.6 is 0 Å². The van der Waals surface area contributed by atoms with Crippen LogP contribution in [0.4, 0.5) is 0 Å². The van der Waals surface area contributed by atoms with Crippen LogP contribution in [0.15, 0.2) is 30.6 Å². The van der Waals surface area contributed by atoms with Gasteiger partial charge in [0, 0.05) is 5.69 Å². The van der Waals surface area contributed by atoms with E-state index >= 15 is 0 Å². The lowest BCUT2D eigenvalue weighted by Crippen LogP contribution is -2.24. The average Bonchev–Trinajstić information content (AvgIpc) is 2.97. The third-order valence-corrected chi connectivity index (χ3v) is 4.52. The third-order valence-electron chi connectivity index (χ3n) is 4.52. The van der Waals surface area contributed by atoms with Crippen molar-refractivity contribution in [1.29, 1.82) is 0 Å². The molecule has 1 aromatic carbocycles. The summed E-state index contributed by atoms with van der Waals surface area (Å²) in [6.45, 7) is 2.17. The quantitative estimate of drug-likeness (QED) is 0.939. The molecule has 1 aromatic heterocycles. The van der Waals surface area contributed by atoms with Gasteiger partial charge in [-0.3, -0.25) is 0 Å². The summed E-state index contributed by atoms with van der Waals surface area (Å²) in [5.74, 6) is 0.860. The highest BCUT2D eigenvalue weighted by molar-refractivity contribution is 5.30. The van der Waals surface area contributed by atoms with Crippen molar-refractivity contribution in [2.24, 2.45) is 5.73 Å². The van der Waals surface area contributed by atoms with Crippen LogP contribution < -0.4 is 10.5 Å². The maximum atomic E-state index is 6.46. The Morgan fingerprint density at radius 1 is 1.19 bits per heavy atom. The Labute approximate surface area is 125 Å². The zero-order valence-corrected chi connectivity index (χ0v) is 12.7. The van der Waals surface area contributed by atoms with E-state index in [0.717, 1.165) is 24.2 Å². The lowest BCUT2D eigenvalue weighted by atomic mass is 9.98. The van der Waals surface area contributed by atoms with E-state index in [4.69, 9.17) is 10.5 Å². The number of aryl methyl sites for hydroxylation is 1. The monoisotopic (exact) mass is 285 g/mol. The lowest BCUT2D eigenvalue weighted by molar-refractivity contribution is 0.412. The predicted octanol–water partition coefficient (Wildman–Crippen LogP) is 3.03. The van der Waals surface area contributed by atoms with Crippen LogP contribution in [0.2, 0.25) is 0 Å². The van der Waals surface area contributed by atoms with Gasteiger partial charge in [0.2, 0.25) is 0 Å². The number of hydrogen-bond acceptors (Lipinski definition) is 3. The minimum absolute atomic E-state index is 0.0452. The molecular weight excluding hydrogens is 262 g/mol. The summed E-state index contributed by atoms with van der Waals surface area (Å²) >= 11 is 0. The van der Waals surface area contributed by atoms with Crippen molar-refractivity contribution in [2.45, 2.75) is 44.7 Å². The number of fused-ring (bicyclic) bond motifs is 1. The van der Waals surface area contributed by atoms with E-state index < -0.39 is 0 Å². The number of hydrogen-bond donors (Lipinski definition) is 1. The molecule has 2 atom stereocenters. The van der Waals surface area contributed by atoms with E-state index in [1.165, 1.54) is 24.2 Å². The van der Waals surface area contributed by atoms with E-state index in [0.29, 0.717) is 0 Å². The number of aromatic nitrogens is 2. The first-order chi connectivity index (χ1) is 10.2. The Balaban J connectivity index is 1.83. The number of nitrogens with zero attached hydrogens (tertiary/aromatic N) is 2. The largest absolute Gasteiger partial charge is 0.497 e. The van der Waals surface area contributed by atoms with Gasteiger partial charge >= 0.3 is 0 Å². The van der Waals surface area contributed by atoms with Crippen molar-refractivity contribution in [1.82, 2.24) is 9.55 Å². The van der Waals surface area contributed by atoms with Crippen LogP contribution in [0.5, 0.6) is 5.75 Å². The molecule has 0 spiro atoms. The van der Waals surface area contributed by atoms with Gasteiger partial charge in [-0.2, -0.15) is 0 Å². The number of imidazole rings is 1. The minimum Gasteiger partial charge on any atom is -0.497 e. The van der Waals surface area contributed by atoms with E-state index in [-0.39, 0.29) is 12.1 Å². The predicted molar refractivity (Wildman–Crippen MR) is 83.5 cm³/mol. The van der Waals surface area contributed by atoms with Crippen LogP contribution in [-0.2, 0) is 12.8 Å². The van der Waals surface area contributed by atoms with Crippen LogP contribution in [0.25, 0.3) is 0 Å². The molecule has 1 aliphatic rings. The lowest BCUT2D eigenvalue weighted by Gasteiger charge is -2.25. The number of rotatable bonds is 4. The fourth-order valence-electron chi connectivity index (χ4n) is 3.12. The van der Waals surface area contributed by atoms with Gasteiger partial charge in [-0.05, 0) is 50.3 Å². The second-order valence-electron chi connectivity index (χ2n) is 5.79. The van der Waals surface area contributed by atoms with E-state index in [9.17, 15) is 0 Å². The normalized spacial score (nSPS) is 17.1. The summed E-state index contributed by atoms with van der Waals surface area (Å²) < 4.78 is 7.47. The molecule has 4 heteroatoms. The van der Waals surface area contributed by atoms with E-state index in [2.05, 4.69) is 16.5 Å². The molecule has 3 rings (SSSR count). The summed E-state index contributed by atoms with van der Waals surface area (Å²) in [6, 6.07) is 8.17. The standard InChI is InChI=1S/C17H23N3O/c1-12(17(18)13-7-9-14(21-2)10-8-13)20-11-19-15-5-3-4-6-16(15)20/h7-12,17H,3-6,18H2,1-2H3. The van der Waals surface area contributed by atoms with Gasteiger partial charge in [0.15, 0.2) is 0 Å². The number of benzene rings is 1. The number of methoxy groups -OCH3 is 1. The number of ether oxygens (including phenoxy) is 1. The van der Waals surface area contributed by atoms with Crippen molar-refractivity contribution >= 4 is 0 Å². The maximum absolute atomic E-state index is 6.46. The Bertz CT molecular complexity index is 603. The molecule has 4 nitrogen and oxygen atoms in total. The summed E-state index contributed by atoms with van der Waals surface area (Å²) in [4.78, 5) is 4.57. The molecule has 0 saturated heterocycles. The molecule has 0 bridgehead atoms. The molecule has 2 N–H and O–H groups in total. The van der Waals surface area contributed by atoms with Gasteiger partial charge in [0.05, 0.1) is 31.2 Å². The molecule has 1 heterocycles. The van der Waals surface area contributed by atoms with Crippen molar-refractivity contribution in [2.75, 3.05) is 7.11 Å². The summed E-state index contributed by atoms with van der Waals surface area (Å²) in [7, 11) is 1.68. The summed E-state index contributed by atoms with van der Waals surface area (Å²) in [6.07, 6.45) is 6.69. The van der Waals surface area contributed by atoms with Crippen molar-refractivity contribution in [3.63, 3.8) is 0 Å². The van der Waals surface area contributed by atoms with Crippen LogP contribution in [-0.4, -0.2) is 16.7 Å². The highest BCUT2D eigenvalue weighted by Gasteiger charge is 2.22. The molecule has 2 aromatic rings. The first-order valence-corrected chi connectivity index (χ1v) is 7.65. The van der Waals surface area contributed by atoms with Crippen LogP contribution in [0.1, 0.15) is 48.8 Å². The first kappa shape index (κ1) is 14.1. The zero-order chi connectivity index (χ0) is 14.8. The number of nitrogens with two attached hydrogens (primary N) is 1. The molecule has 2 unspecified atom stereocenters. The van der Waals surface area contributed by atoms with Crippen LogP contribution in [0, 0.1) is 0 Å². The van der Waals surface area contributed by atoms with Gasteiger partial charge in [-0.25, -0.2) is 4.98 Å². The average molecular weight is 285 g/mol. The van der Waals surface area contributed by atoms with Gasteiger partial charge in [0.1, 0.15) is 5.75 Å². The molecule has 1 aliphatic carbocycles. The fraction of sp³-hybridized carbons (Fsp3) is 0.471. The Morgan fingerprint density at radius 3 is 2.62 bits per heavy atom. The summed E-state index contributed by atoms with van der Waals surface area (Å²) in [5, 5.41) is 0. The highest BCUT2D eigenvalue weighted by Crippen LogP contribution is 2.29. The minimum atomic E-state index is -0.0452. The Morgan fingerprint density at radius 2 is 1.90 bits per heavy atom. The maximum Gasteiger partial charge on any atom is 0.118 e. The van der Waals surface area contributed by atoms with Crippen molar-refractivity contribution in [3.8, 4) is 5.75 Å². The molecule has 0 aliphatic heterocycles. The third kappa shape index (κ3) is 2.68. The van der Waals surface area contributed by atoms with Gasteiger partial charge in [0.25, 0.3) is 0 Å². The van der Waals surface area contributed by atoms with E-state index in [1.54, 1.807) is 7.11 Å². The van der Waals surface area contributed by atoms with Gasteiger partial charge in [-0.15, -0.1) is 0 Å². The fourth-order valence-corrected chi connectivity index (χ4v) is 3.12. The topological polar surface area (TPSA) is 53.1 Å². The SMILES string of the molecule is COc1ccc(C(N)C(C)n2cnc3c2CCCC3)cc1. The molecule has 21 heavy (non-hydrogen) atoms. The Hall–Kier alpha value is -1.81. The summed E-state index contributed by atoms with van der Waals surface area (Å²) in [5.41, 5.74) is 10.2. The smallest absolute Gasteiger partial charge is 0.118 e. The second kappa shape index (κ2) is 5.90. The van der Waals surface area contributed by atoms with Crippen molar-refractivity contribution in [3.05, 3.63) is 47.5 Å². The highest BCUT2D eigenvalue weighted by atomic mass is 16.5. The Kier molecular flexibility index (Phi) is 3.97. The molecule has 0 fully saturated rings. The molecule has 0 amide bonds. The first-order valence-electron chi connectivity index (χ1n) is 7.65. The van der Waals surface area contributed by atoms with Gasteiger partial charge < -0.3 is 15.0 Å².